The third kappa shape index (κ3) is 4.80. The first kappa shape index (κ1) is 24.5. The van der Waals surface area contributed by atoms with Crippen molar-refractivity contribution in [3.8, 4) is 11.5 Å². The highest BCUT2D eigenvalue weighted by molar-refractivity contribution is 7.07. The molecule has 2 aromatic carbocycles. The van der Waals surface area contributed by atoms with E-state index in [0.29, 0.717) is 37.1 Å². The molecule has 1 unspecified atom stereocenters. The van der Waals surface area contributed by atoms with Gasteiger partial charge in [0.05, 0.1) is 36.1 Å². The quantitative estimate of drug-likeness (QED) is 0.358. The van der Waals surface area contributed by atoms with Gasteiger partial charge in [-0.2, -0.15) is 0 Å². The molecule has 0 N–H and O–H groups in total. The lowest BCUT2D eigenvalue weighted by Gasteiger charge is -2.25. The van der Waals surface area contributed by atoms with Crippen molar-refractivity contribution in [3.05, 3.63) is 102 Å². The number of carbonyl (C=O) groups is 1. The summed E-state index contributed by atoms with van der Waals surface area (Å²) < 4.78 is 18.2. The zero-order valence-electron chi connectivity index (χ0n) is 19.4. The van der Waals surface area contributed by atoms with Crippen LogP contribution >= 0.6 is 22.9 Å². The number of fused-ring (bicyclic) bond motifs is 1. The summed E-state index contributed by atoms with van der Waals surface area (Å²) in [4.78, 5) is 31.8. The van der Waals surface area contributed by atoms with E-state index in [1.807, 2.05) is 12.1 Å². The van der Waals surface area contributed by atoms with Crippen LogP contribution in [-0.2, 0) is 9.53 Å². The van der Waals surface area contributed by atoms with Gasteiger partial charge < -0.3 is 14.2 Å². The van der Waals surface area contributed by atoms with Crippen molar-refractivity contribution in [2.24, 2.45) is 4.99 Å². The number of nitrogens with zero attached hydrogens (tertiary/aromatic N) is 2. The predicted octanol–water partition coefficient (Wildman–Crippen LogP) is 3.64. The predicted molar refractivity (Wildman–Crippen MR) is 136 cm³/mol. The molecule has 1 atom stereocenters. The summed E-state index contributed by atoms with van der Waals surface area (Å²) in [5.41, 5.74) is 1.94. The molecule has 1 aliphatic rings. The van der Waals surface area contributed by atoms with Gasteiger partial charge >= 0.3 is 5.97 Å². The molecule has 0 radical (unpaired) electrons. The minimum absolute atomic E-state index is 0.0370. The third-order valence-electron chi connectivity index (χ3n) is 5.46. The monoisotopic (exact) mass is 510 g/mol. The fourth-order valence-electron chi connectivity index (χ4n) is 3.84. The molecule has 4 rings (SSSR count). The van der Waals surface area contributed by atoms with Gasteiger partial charge in [-0.05, 0) is 48.4 Å². The fourth-order valence-corrected chi connectivity index (χ4v) is 5.02. The molecular formula is C26H23ClN2O5S. The lowest BCUT2D eigenvalue weighted by molar-refractivity contribution is -0.138. The van der Waals surface area contributed by atoms with E-state index in [1.165, 1.54) is 29.1 Å². The summed E-state index contributed by atoms with van der Waals surface area (Å²) in [5.74, 6) is 0.433. The molecular weight excluding hydrogens is 488 g/mol. The minimum atomic E-state index is -0.768. The van der Waals surface area contributed by atoms with Crippen LogP contribution in [0, 0.1) is 0 Å². The second kappa shape index (κ2) is 10.3. The average molecular weight is 511 g/mol. The Morgan fingerprint density at radius 3 is 2.54 bits per heavy atom. The summed E-state index contributed by atoms with van der Waals surface area (Å²) >= 11 is 7.24. The van der Waals surface area contributed by atoms with E-state index in [0.717, 1.165) is 5.56 Å². The Hall–Kier alpha value is -3.62. The minimum Gasteiger partial charge on any atom is -0.493 e. The number of rotatable bonds is 7. The number of carbonyl (C=O) groups excluding carboxylic acids is 1. The zero-order valence-corrected chi connectivity index (χ0v) is 21.0. The molecule has 3 aromatic rings. The molecule has 180 valence electrons. The molecule has 0 fully saturated rings. The van der Waals surface area contributed by atoms with E-state index < -0.39 is 12.0 Å². The number of benzene rings is 2. The fraction of sp³-hybridized carbons (Fsp3) is 0.192. The number of esters is 1. The number of hydrogen-bond donors (Lipinski definition) is 0. The van der Waals surface area contributed by atoms with Gasteiger partial charge in [0.15, 0.2) is 16.3 Å². The summed E-state index contributed by atoms with van der Waals surface area (Å²) in [5, 5.41) is 0.607. The first-order chi connectivity index (χ1) is 16.9. The van der Waals surface area contributed by atoms with Gasteiger partial charge in [0.2, 0.25) is 0 Å². The van der Waals surface area contributed by atoms with Crippen LogP contribution in [-0.4, -0.2) is 31.4 Å². The molecule has 0 saturated heterocycles. The second-order valence-corrected chi connectivity index (χ2v) is 9.08. The molecule has 9 heteroatoms. The summed E-state index contributed by atoms with van der Waals surface area (Å²) in [6, 6.07) is 11.7. The Morgan fingerprint density at radius 1 is 1.17 bits per heavy atom. The van der Waals surface area contributed by atoms with Crippen molar-refractivity contribution in [3.63, 3.8) is 0 Å². The van der Waals surface area contributed by atoms with Crippen LogP contribution < -0.4 is 24.4 Å². The van der Waals surface area contributed by atoms with Crippen LogP contribution in [0.3, 0.4) is 0 Å². The summed E-state index contributed by atoms with van der Waals surface area (Å²) in [6.07, 6.45) is 3.27. The van der Waals surface area contributed by atoms with Gasteiger partial charge in [0, 0.05) is 5.02 Å². The van der Waals surface area contributed by atoms with E-state index in [-0.39, 0.29) is 17.7 Å². The third-order valence-corrected chi connectivity index (χ3v) is 6.70. The number of hydrogen-bond acceptors (Lipinski definition) is 7. The van der Waals surface area contributed by atoms with Crippen molar-refractivity contribution in [1.82, 2.24) is 4.57 Å². The van der Waals surface area contributed by atoms with Gasteiger partial charge in [-0.15, -0.1) is 0 Å². The molecule has 2 heterocycles. The lowest BCUT2D eigenvalue weighted by atomic mass is 9.95. The maximum atomic E-state index is 13.6. The van der Waals surface area contributed by atoms with E-state index in [2.05, 4.69) is 11.6 Å². The first-order valence-corrected chi connectivity index (χ1v) is 11.9. The average Bonchev–Trinajstić information content (AvgIpc) is 3.16. The highest BCUT2D eigenvalue weighted by Crippen LogP contribution is 2.36. The summed E-state index contributed by atoms with van der Waals surface area (Å²) in [7, 11) is 3.07. The number of aromatic nitrogens is 1. The topological polar surface area (TPSA) is 79.1 Å². The van der Waals surface area contributed by atoms with Crippen LogP contribution in [0.25, 0.3) is 6.08 Å². The number of halogens is 1. The number of methoxy groups -OCH3 is 2. The van der Waals surface area contributed by atoms with Gasteiger partial charge in [-0.25, -0.2) is 9.79 Å². The standard InChI is InChI=1S/C26H23ClN2O5S/c1-5-12-34-25(31)22-15(2)28-26-29(23(22)17-8-11-19(32-3)20(14-17)33-4)24(30)21(35-26)13-16-6-9-18(27)10-7-16/h5-11,13-14,23H,1,12H2,2-4H3/b21-13+. The Morgan fingerprint density at radius 2 is 1.89 bits per heavy atom. The molecule has 35 heavy (non-hydrogen) atoms. The number of thiazole rings is 1. The Bertz CT molecular complexity index is 1500. The second-order valence-electron chi connectivity index (χ2n) is 7.63. The molecule has 7 nitrogen and oxygen atoms in total. The smallest absolute Gasteiger partial charge is 0.338 e. The number of allylic oxidation sites excluding steroid dienone is 1. The Balaban J connectivity index is 1.95. The van der Waals surface area contributed by atoms with Crippen LogP contribution in [0.4, 0.5) is 0 Å². The molecule has 0 spiro atoms. The van der Waals surface area contributed by atoms with Gasteiger partial charge in [0.25, 0.3) is 5.56 Å². The van der Waals surface area contributed by atoms with Crippen LogP contribution in [0.1, 0.15) is 24.1 Å². The zero-order chi connectivity index (χ0) is 25.1. The molecule has 1 aromatic heterocycles. The maximum absolute atomic E-state index is 13.6. The highest BCUT2D eigenvalue weighted by Gasteiger charge is 2.34. The van der Waals surface area contributed by atoms with E-state index in [1.54, 1.807) is 50.4 Å². The van der Waals surface area contributed by atoms with Gasteiger partial charge in [0.1, 0.15) is 6.61 Å². The highest BCUT2D eigenvalue weighted by atomic mass is 35.5. The normalized spacial score (nSPS) is 15.3. The van der Waals surface area contributed by atoms with E-state index in [4.69, 9.17) is 25.8 Å². The lowest BCUT2D eigenvalue weighted by Crippen LogP contribution is -2.40. The largest absolute Gasteiger partial charge is 0.493 e. The maximum Gasteiger partial charge on any atom is 0.338 e. The molecule has 0 bridgehead atoms. The Labute approximate surface area is 210 Å². The van der Waals surface area contributed by atoms with Crippen molar-refractivity contribution in [1.29, 1.82) is 0 Å². The van der Waals surface area contributed by atoms with Crippen molar-refractivity contribution >= 4 is 35.0 Å². The van der Waals surface area contributed by atoms with Crippen molar-refractivity contribution in [2.75, 3.05) is 20.8 Å². The first-order valence-electron chi connectivity index (χ1n) is 10.7. The van der Waals surface area contributed by atoms with E-state index in [9.17, 15) is 9.59 Å². The van der Waals surface area contributed by atoms with E-state index >= 15 is 0 Å². The van der Waals surface area contributed by atoms with Gasteiger partial charge in [-0.3, -0.25) is 9.36 Å². The van der Waals surface area contributed by atoms with Crippen LogP contribution in [0.5, 0.6) is 11.5 Å². The van der Waals surface area contributed by atoms with Crippen LogP contribution in [0.15, 0.2) is 76.2 Å². The molecule has 0 amide bonds. The van der Waals surface area contributed by atoms with Crippen LogP contribution in [0.2, 0.25) is 5.02 Å². The number of ether oxygens (including phenoxy) is 3. The van der Waals surface area contributed by atoms with Crippen molar-refractivity contribution < 1.29 is 19.0 Å². The van der Waals surface area contributed by atoms with Gasteiger partial charge in [-0.1, -0.05) is 53.8 Å². The van der Waals surface area contributed by atoms with Crippen molar-refractivity contribution in [2.45, 2.75) is 13.0 Å². The SMILES string of the molecule is C=CCOC(=O)C1=C(C)N=c2s/c(=C/c3ccc(Cl)cc3)c(=O)n2C1c1ccc(OC)c(OC)c1. The Kier molecular flexibility index (Phi) is 7.23. The molecule has 1 aliphatic heterocycles. The molecule has 0 saturated carbocycles. The summed E-state index contributed by atoms with van der Waals surface area (Å²) in [6.45, 7) is 5.37. The molecule has 0 aliphatic carbocycles.